The van der Waals surface area contributed by atoms with Crippen molar-refractivity contribution in [3.8, 4) is 0 Å². The topological polar surface area (TPSA) is 125 Å². The largest absolute Gasteiger partial charge is 0.465 e. The number of anilines is 1. The van der Waals surface area contributed by atoms with Gasteiger partial charge >= 0.3 is 12.2 Å². The molecule has 1 heterocycles. The molecule has 220 valence electrons. The molecule has 3 aromatic rings. The van der Waals surface area contributed by atoms with E-state index in [4.69, 9.17) is 10.5 Å². The molecule has 9 nitrogen and oxygen atoms in total. The first-order valence-corrected chi connectivity index (χ1v) is 14.5. The molecule has 3 rings (SSSR count). The first kappa shape index (κ1) is 31.5. The number of alkyl carbamates (subject to hydrolysis) is 1. The summed E-state index contributed by atoms with van der Waals surface area (Å²) in [5.41, 5.74) is 7.47. The first-order valence-electron chi connectivity index (χ1n) is 13.7. The van der Waals surface area contributed by atoms with E-state index in [0.29, 0.717) is 44.6 Å². The molecule has 3 amide bonds. The Kier molecular flexibility index (Phi) is 11.6. The van der Waals surface area contributed by atoms with E-state index < -0.39 is 23.8 Å². The fraction of sp³-hybridized carbons (Fsp3) is 0.387. The summed E-state index contributed by atoms with van der Waals surface area (Å²) < 4.78 is 5.25. The van der Waals surface area contributed by atoms with Crippen molar-refractivity contribution in [2.24, 2.45) is 0 Å². The Morgan fingerprint density at radius 2 is 1.66 bits per heavy atom. The van der Waals surface area contributed by atoms with Crippen LogP contribution >= 0.6 is 11.3 Å². The fourth-order valence-corrected chi connectivity index (χ4v) is 5.25. The maximum Gasteiger partial charge on any atom is 0.408 e. The van der Waals surface area contributed by atoms with Crippen LogP contribution in [0.15, 0.2) is 72.1 Å². The van der Waals surface area contributed by atoms with Crippen LogP contribution in [0.25, 0.3) is 0 Å². The van der Waals surface area contributed by atoms with Crippen LogP contribution in [-0.4, -0.2) is 51.1 Å². The molecule has 0 spiro atoms. The fourth-order valence-electron chi connectivity index (χ4n) is 4.53. The highest BCUT2D eigenvalue weighted by Crippen LogP contribution is 2.25. The molecule has 1 aromatic heterocycles. The highest BCUT2D eigenvalue weighted by atomic mass is 32.1. The van der Waals surface area contributed by atoms with Gasteiger partial charge in [-0.15, -0.1) is 11.3 Å². The van der Waals surface area contributed by atoms with Crippen molar-refractivity contribution >= 4 is 35.1 Å². The van der Waals surface area contributed by atoms with Crippen molar-refractivity contribution in [3.05, 3.63) is 88.1 Å². The van der Waals surface area contributed by atoms with E-state index in [0.717, 1.165) is 16.0 Å². The van der Waals surface area contributed by atoms with Crippen LogP contribution < -0.4 is 11.1 Å². The lowest BCUT2D eigenvalue weighted by Gasteiger charge is -2.41. The number of hydrogen-bond acceptors (Lipinski definition) is 6. The van der Waals surface area contributed by atoms with E-state index in [1.165, 1.54) is 4.90 Å². The normalized spacial score (nSPS) is 11.9. The third kappa shape index (κ3) is 10.1. The first-order chi connectivity index (χ1) is 19.5. The van der Waals surface area contributed by atoms with Crippen LogP contribution in [0.5, 0.6) is 0 Å². The summed E-state index contributed by atoms with van der Waals surface area (Å²) in [5.74, 6) is -0.261. The van der Waals surface area contributed by atoms with Gasteiger partial charge in [-0.2, -0.15) is 0 Å². The van der Waals surface area contributed by atoms with Crippen molar-refractivity contribution < 1.29 is 24.2 Å². The Morgan fingerprint density at radius 3 is 2.27 bits per heavy atom. The van der Waals surface area contributed by atoms with Gasteiger partial charge in [0.2, 0.25) is 5.91 Å². The smallest absolute Gasteiger partial charge is 0.408 e. The van der Waals surface area contributed by atoms with Gasteiger partial charge in [0, 0.05) is 29.2 Å². The molecule has 0 fully saturated rings. The Morgan fingerprint density at radius 1 is 0.951 bits per heavy atom. The quantitative estimate of drug-likeness (QED) is 0.166. The van der Waals surface area contributed by atoms with Gasteiger partial charge in [0.05, 0.1) is 6.54 Å². The summed E-state index contributed by atoms with van der Waals surface area (Å²) in [7, 11) is 0. The molecule has 0 saturated heterocycles. The number of carbonyl (C=O) groups excluding carboxylic acids is 2. The van der Waals surface area contributed by atoms with Crippen LogP contribution in [0.1, 0.15) is 56.0 Å². The summed E-state index contributed by atoms with van der Waals surface area (Å²) >= 11 is 1.55. The van der Waals surface area contributed by atoms with Gasteiger partial charge in [-0.25, -0.2) is 9.59 Å². The third-order valence-electron chi connectivity index (χ3n) is 6.50. The highest BCUT2D eigenvalue weighted by molar-refractivity contribution is 7.09. The molecule has 10 heteroatoms. The molecule has 41 heavy (non-hydrogen) atoms. The second-order valence-corrected chi connectivity index (χ2v) is 11.9. The molecule has 0 aliphatic rings. The number of ether oxygens (including phenoxy) is 1. The number of thiophene rings is 1. The molecule has 0 radical (unpaired) electrons. The number of rotatable bonds is 13. The molecule has 4 N–H and O–H groups in total. The average Bonchev–Trinajstić information content (AvgIpc) is 3.44. The summed E-state index contributed by atoms with van der Waals surface area (Å²) in [6, 6.07) is 19.7. The summed E-state index contributed by atoms with van der Waals surface area (Å²) in [6.07, 6.45) is -0.267. The SMILES string of the molecule is CC(C)(C)N(C(=O)O)[C@@H](CCCCNC(=O)OCc1ccccc1)C(=O)N(Cc1ccc(N)cc1)Cc1cccs1. The average molecular weight is 581 g/mol. The van der Waals surface area contributed by atoms with Crippen LogP contribution in [0.4, 0.5) is 15.3 Å². The summed E-state index contributed by atoms with van der Waals surface area (Å²) in [4.78, 5) is 42.7. The minimum absolute atomic E-state index is 0.177. The van der Waals surface area contributed by atoms with Gasteiger partial charge in [-0.1, -0.05) is 48.5 Å². The molecule has 2 aromatic carbocycles. The van der Waals surface area contributed by atoms with Crippen LogP contribution in [0.2, 0.25) is 0 Å². The van der Waals surface area contributed by atoms with E-state index in [1.54, 1.807) is 49.1 Å². The van der Waals surface area contributed by atoms with Crippen molar-refractivity contribution in [1.29, 1.82) is 0 Å². The molecule has 1 atom stereocenters. The molecule has 0 saturated carbocycles. The van der Waals surface area contributed by atoms with Crippen LogP contribution in [-0.2, 0) is 29.2 Å². The molecule has 0 aliphatic heterocycles. The van der Waals surface area contributed by atoms with Gasteiger partial charge in [0.15, 0.2) is 0 Å². The van der Waals surface area contributed by atoms with Crippen molar-refractivity contribution in [1.82, 2.24) is 15.1 Å². The number of nitrogens with two attached hydrogens (primary N) is 1. The molecule has 0 unspecified atom stereocenters. The van der Waals surface area contributed by atoms with E-state index in [9.17, 15) is 19.5 Å². The second kappa shape index (κ2) is 15.1. The molecular formula is C31H40N4O5S. The number of nitrogen functional groups attached to an aromatic ring is 1. The van der Waals surface area contributed by atoms with Crippen molar-refractivity contribution in [2.45, 2.75) is 71.3 Å². The maximum absolute atomic E-state index is 14.1. The number of carboxylic acid groups (broad SMARTS) is 1. The van der Waals surface area contributed by atoms with Crippen LogP contribution in [0.3, 0.4) is 0 Å². The summed E-state index contributed by atoms with van der Waals surface area (Å²) in [6.45, 7) is 6.57. The predicted molar refractivity (Wildman–Crippen MR) is 161 cm³/mol. The second-order valence-electron chi connectivity index (χ2n) is 10.8. The number of nitrogens with zero attached hydrogens (tertiary/aromatic N) is 2. The standard InChI is InChI=1S/C31H40N4O5S/c1-31(2,3)35(30(38)39)27(13-7-8-18-33-29(37)40-22-24-10-5-4-6-11-24)28(36)34(21-26-12-9-19-41-26)20-23-14-16-25(32)17-15-23/h4-6,9-12,14-17,19,27H,7-8,13,18,20-22,32H2,1-3H3,(H,33,37)(H,38,39)/t27-/m0/s1. The molecular weight excluding hydrogens is 540 g/mol. The zero-order valence-electron chi connectivity index (χ0n) is 23.9. The highest BCUT2D eigenvalue weighted by Gasteiger charge is 2.39. The molecule has 0 aliphatic carbocycles. The Hall–Kier alpha value is -4.05. The van der Waals surface area contributed by atoms with Gasteiger partial charge in [0.25, 0.3) is 0 Å². The maximum atomic E-state index is 14.1. The minimum Gasteiger partial charge on any atom is -0.465 e. The van der Waals surface area contributed by atoms with E-state index in [1.807, 2.05) is 60.0 Å². The van der Waals surface area contributed by atoms with Gasteiger partial charge in [0.1, 0.15) is 12.6 Å². The van der Waals surface area contributed by atoms with Gasteiger partial charge in [-0.05, 0) is 74.7 Å². The Labute approximate surface area is 245 Å². The zero-order chi connectivity index (χ0) is 29.8. The number of hydrogen-bond donors (Lipinski definition) is 3. The van der Waals surface area contributed by atoms with Gasteiger partial charge in [-0.3, -0.25) is 9.69 Å². The molecule has 0 bridgehead atoms. The van der Waals surface area contributed by atoms with Crippen molar-refractivity contribution in [2.75, 3.05) is 12.3 Å². The lowest BCUT2D eigenvalue weighted by Crippen LogP contribution is -2.57. The van der Waals surface area contributed by atoms with Crippen molar-refractivity contribution in [3.63, 3.8) is 0 Å². The number of benzene rings is 2. The van der Waals surface area contributed by atoms with E-state index in [2.05, 4.69) is 5.32 Å². The van der Waals surface area contributed by atoms with Crippen LogP contribution in [0, 0.1) is 0 Å². The van der Waals surface area contributed by atoms with Gasteiger partial charge < -0.3 is 25.8 Å². The number of carbonyl (C=O) groups is 3. The van der Waals surface area contributed by atoms with E-state index >= 15 is 0 Å². The number of nitrogens with one attached hydrogen (secondary N) is 1. The van der Waals surface area contributed by atoms with E-state index in [-0.39, 0.29) is 12.5 Å². The summed E-state index contributed by atoms with van der Waals surface area (Å²) in [5, 5.41) is 14.9. The lowest BCUT2D eigenvalue weighted by molar-refractivity contribution is -0.139. The Bertz CT molecular complexity index is 1240. The monoisotopic (exact) mass is 580 g/mol. The lowest BCUT2D eigenvalue weighted by atomic mass is 9.98. The number of amides is 3. The zero-order valence-corrected chi connectivity index (χ0v) is 24.7. The predicted octanol–water partition coefficient (Wildman–Crippen LogP) is 6.10. The third-order valence-corrected chi connectivity index (χ3v) is 7.36. The number of unbranched alkanes of at least 4 members (excludes halogenated alkanes) is 1. The minimum atomic E-state index is -1.15. The Balaban J connectivity index is 1.68.